The van der Waals surface area contributed by atoms with Gasteiger partial charge in [-0.1, -0.05) is 54.6 Å². The van der Waals surface area contributed by atoms with E-state index < -0.39 is 0 Å². The van der Waals surface area contributed by atoms with E-state index in [0.717, 1.165) is 26.7 Å². The predicted molar refractivity (Wildman–Crippen MR) is 123 cm³/mol. The van der Waals surface area contributed by atoms with Crippen molar-refractivity contribution in [2.45, 2.75) is 19.6 Å². The molecule has 154 valence electrons. The molecule has 1 N–H and O–H groups in total. The van der Waals surface area contributed by atoms with Gasteiger partial charge in [-0.25, -0.2) is 4.68 Å². The fourth-order valence-electron chi connectivity index (χ4n) is 3.83. The van der Waals surface area contributed by atoms with E-state index in [0.29, 0.717) is 18.6 Å². The number of thiophene rings is 1. The number of nitrogens with one attached hydrogen (secondary N) is 1. The van der Waals surface area contributed by atoms with E-state index in [9.17, 15) is 9.59 Å². The average molecular weight is 429 g/mol. The molecule has 6 nitrogen and oxygen atoms in total. The van der Waals surface area contributed by atoms with Gasteiger partial charge >= 0.3 is 0 Å². The van der Waals surface area contributed by atoms with Gasteiger partial charge in [0.05, 0.1) is 12.7 Å². The molecule has 0 aliphatic carbocycles. The van der Waals surface area contributed by atoms with Gasteiger partial charge in [0.1, 0.15) is 12.1 Å². The maximum absolute atomic E-state index is 13.4. The average Bonchev–Trinajstić information content (AvgIpc) is 3.42. The highest BCUT2D eigenvalue weighted by atomic mass is 32.1. The second-order valence-electron chi connectivity index (χ2n) is 7.31. The summed E-state index contributed by atoms with van der Waals surface area (Å²) in [5.74, 6) is -0.243. The number of amides is 1. The van der Waals surface area contributed by atoms with Crippen LogP contribution in [0.15, 0.2) is 83.1 Å². The molecule has 0 unspecified atom stereocenters. The Morgan fingerprint density at radius 1 is 0.968 bits per heavy atom. The summed E-state index contributed by atoms with van der Waals surface area (Å²) in [4.78, 5) is 26.9. The summed E-state index contributed by atoms with van der Waals surface area (Å²) in [7, 11) is 0. The molecule has 1 amide bonds. The molecule has 5 aromatic rings. The molecule has 0 saturated heterocycles. The smallest absolute Gasteiger partial charge is 0.291 e. The van der Waals surface area contributed by atoms with Crippen molar-refractivity contribution in [1.29, 1.82) is 0 Å². The first-order valence-electron chi connectivity index (χ1n) is 10.0. The van der Waals surface area contributed by atoms with Gasteiger partial charge in [0.25, 0.3) is 5.56 Å². The van der Waals surface area contributed by atoms with Gasteiger partial charge < -0.3 is 9.88 Å². The van der Waals surface area contributed by atoms with E-state index in [1.165, 1.54) is 4.68 Å². The Hall–Kier alpha value is -3.71. The molecule has 0 bridgehead atoms. The second-order valence-corrected chi connectivity index (χ2v) is 8.35. The molecule has 0 saturated carbocycles. The highest BCUT2D eigenvalue weighted by Crippen LogP contribution is 2.27. The van der Waals surface area contributed by atoms with E-state index in [1.54, 1.807) is 17.5 Å². The second kappa shape index (κ2) is 8.20. The lowest BCUT2D eigenvalue weighted by atomic mass is 10.2. The number of hydrogen-bond acceptors (Lipinski definition) is 4. The van der Waals surface area contributed by atoms with Crippen LogP contribution in [-0.4, -0.2) is 20.3 Å². The molecule has 5 rings (SSSR count). The number of carbonyl (C=O) groups excluding carboxylic acids is 1. The van der Waals surface area contributed by atoms with Crippen LogP contribution >= 0.6 is 11.3 Å². The van der Waals surface area contributed by atoms with Crippen molar-refractivity contribution in [3.8, 4) is 0 Å². The van der Waals surface area contributed by atoms with Crippen LogP contribution < -0.4 is 10.9 Å². The zero-order chi connectivity index (χ0) is 21.2. The van der Waals surface area contributed by atoms with Gasteiger partial charge in [-0.3, -0.25) is 9.59 Å². The van der Waals surface area contributed by atoms with Crippen molar-refractivity contribution in [2.24, 2.45) is 0 Å². The Bertz CT molecular complexity index is 1420. The SMILES string of the molecule is O=C(Cn1ncc2c3ccccc3n(Cc3ccccc3)c2c1=O)NCc1cccs1. The third-order valence-electron chi connectivity index (χ3n) is 5.29. The van der Waals surface area contributed by atoms with Gasteiger partial charge in [-0.15, -0.1) is 11.3 Å². The summed E-state index contributed by atoms with van der Waals surface area (Å²) >= 11 is 1.58. The zero-order valence-electron chi connectivity index (χ0n) is 16.7. The van der Waals surface area contributed by atoms with Crippen LogP contribution in [0.4, 0.5) is 0 Å². The lowest BCUT2D eigenvalue weighted by molar-refractivity contribution is -0.122. The van der Waals surface area contributed by atoms with Crippen LogP contribution in [0.1, 0.15) is 10.4 Å². The van der Waals surface area contributed by atoms with E-state index in [1.807, 2.05) is 76.7 Å². The molecule has 0 atom stereocenters. The minimum Gasteiger partial charge on any atom is -0.350 e. The number of para-hydroxylation sites is 1. The number of carbonyl (C=O) groups is 1. The molecule has 3 aromatic heterocycles. The largest absolute Gasteiger partial charge is 0.350 e. The summed E-state index contributed by atoms with van der Waals surface area (Å²) in [6.45, 7) is 0.892. The summed E-state index contributed by atoms with van der Waals surface area (Å²) in [6.07, 6.45) is 1.69. The van der Waals surface area contributed by atoms with Crippen LogP contribution in [0.3, 0.4) is 0 Å². The molecule has 0 aliphatic rings. The Morgan fingerprint density at radius 2 is 1.77 bits per heavy atom. The van der Waals surface area contributed by atoms with Crippen molar-refractivity contribution in [3.05, 3.63) is 99.1 Å². The van der Waals surface area contributed by atoms with Gasteiger partial charge in [0, 0.05) is 27.7 Å². The minimum absolute atomic E-state index is 0.118. The van der Waals surface area contributed by atoms with E-state index >= 15 is 0 Å². The summed E-state index contributed by atoms with van der Waals surface area (Å²) in [6, 6.07) is 21.9. The number of rotatable bonds is 6. The Kier molecular flexibility index (Phi) is 5.09. The predicted octanol–water partition coefficient (Wildman–Crippen LogP) is 3.78. The molecule has 0 aliphatic heterocycles. The van der Waals surface area contributed by atoms with E-state index in [2.05, 4.69) is 10.4 Å². The number of nitrogens with zero attached hydrogens (tertiary/aromatic N) is 3. The van der Waals surface area contributed by atoms with Crippen LogP contribution in [0.5, 0.6) is 0 Å². The van der Waals surface area contributed by atoms with Crippen molar-refractivity contribution in [1.82, 2.24) is 19.7 Å². The fourth-order valence-corrected chi connectivity index (χ4v) is 4.47. The molecule has 2 aromatic carbocycles. The Balaban J connectivity index is 1.53. The summed E-state index contributed by atoms with van der Waals surface area (Å²) in [5, 5.41) is 10.9. The molecular formula is C24H20N4O2S. The van der Waals surface area contributed by atoms with Crippen LogP contribution in [0.2, 0.25) is 0 Å². The normalized spacial score (nSPS) is 11.2. The lowest BCUT2D eigenvalue weighted by Gasteiger charge is -2.09. The lowest BCUT2D eigenvalue weighted by Crippen LogP contribution is -2.33. The first kappa shape index (κ1) is 19.3. The first-order chi connectivity index (χ1) is 15.2. The van der Waals surface area contributed by atoms with Crippen LogP contribution in [-0.2, 0) is 24.4 Å². The zero-order valence-corrected chi connectivity index (χ0v) is 17.5. The summed E-state index contributed by atoms with van der Waals surface area (Å²) in [5.41, 5.74) is 2.36. The van der Waals surface area contributed by atoms with Gasteiger partial charge in [0.15, 0.2) is 0 Å². The quantitative estimate of drug-likeness (QED) is 0.448. The number of benzene rings is 2. The number of hydrogen-bond donors (Lipinski definition) is 1. The van der Waals surface area contributed by atoms with Crippen molar-refractivity contribution >= 4 is 39.0 Å². The minimum atomic E-state index is -0.268. The topological polar surface area (TPSA) is 68.9 Å². The highest BCUT2D eigenvalue weighted by molar-refractivity contribution is 7.09. The van der Waals surface area contributed by atoms with Crippen molar-refractivity contribution in [3.63, 3.8) is 0 Å². The molecule has 0 spiro atoms. The standard InChI is InChI=1S/C24H20N4O2S/c29-22(25-13-18-9-6-12-31-18)16-28-24(30)23-20(14-26-28)19-10-4-5-11-21(19)27(23)15-17-7-2-1-3-8-17/h1-12,14H,13,15-16H2,(H,25,29). The Morgan fingerprint density at radius 3 is 2.58 bits per heavy atom. The van der Waals surface area contributed by atoms with E-state index in [-0.39, 0.29) is 18.0 Å². The summed E-state index contributed by atoms with van der Waals surface area (Å²) < 4.78 is 3.26. The van der Waals surface area contributed by atoms with Gasteiger partial charge in [0.2, 0.25) is 5.91 Å². The van der Waals surface area contributed by atoms with Crippen LogP contribution in [0, 0.1) is 0 Å². The maximum Gasteiger partial charge on any atom is 0.291 e. The molecule has 0 fully saturated rings. The van der Waals surface area contributed by atoms with E-state index in [4.69, 9.17) is 0 Å². The molecule has 7 heteroatoms. The third-order valence-corrected chi connectivity index (χ3v) is 6.17. The van der Waals surface area contributed by atoms with Crippen molar-refractivity contribution in [2.75, 3.05) is 0 Å². The molecule has 3 heterocycles. The van der Waals surface area contributed by atoms with Crippen molar-refractivity contribution < 1.29 is 4.79 Å². The first-order valence-corrected chi connectivity index (χ1v) is 10.9. The third kappa shape index (κ3) is 3.75. The van der Waals surface area contributed by atoms with Gasteiger partial charge in [-0.05, 0) is 23.1 Å². The Labute approximate surface area is 182 Å². The maximum atomic E-state index is 13.4. The van der Waals surface area contributed by atoms with Gasteiger partial charge in [-0.2, -0.15) is 5.10 Å². The fraction of sp³-hybridized carbons (Fsp3) is 0.125. The molecule has 0 radical (unpaired) electrons. The van der Waals surface area contributed by atoms with Crippen LogP contribution in [0.25, 0.3) is 21.8 Å². The number of aromatic nitrogens is 3. The monoisotopic (exact) mass is 428 g/mol. The molecular weight excluding hydrogens is 408 g/mol. The number of fused-ring (bicyclic) bond motifs is 3. The highest BCUT2D eigenvalue weighted by Gasteiger charge is 2.17. The molecule has 31 heavy (non-hydrogen) atoms.